The number of hydrogen-bond donors (Lipinski definition) is 2. The monoisotopic (exact) mass is 302 g/mol. The summed E-state index contributed by atoms with van der Waals surface area (Å²) in [5.74, 6) is -0.578. The minimum atomic E-state index is -3.82. The molecule has 8 heteroatoms. The van der Waals surface area contributed by atoms with E-state index in [1.165, 1.54) is 26.3 Å². The lowest BCUT2D eigenvalue weighted by molar-refractivity contribution is 0.0997. The molecule has 0 aliphatic carbocycles. The first kappa shape index (κ1) is 16.4. The van der Waals surface area contributed by atoms with Crippen molar-refractivity contribution in [1.29, 1.82) is 0 Å². The summed E-state index contributed by atoms with van der Waals surface area (Å²) in [4.78, 5) is 11.2. The van der Waals surface area contributed by atoms with Crippen molar-refractivity contribution in [2.75, 3.05) is 20.8 Å². The summed E-state index contributed by atoms with van der Waals surface area (Å²) in [5, 5.41) is 9.04. The molecule has 1 aromatic rings. The molecule has 0 saturated heterocycles. The summed E-state index contributed by atoms with van der Waals surface area (Å²) in [7, 11) is -1.11. The number of aliphatic hydroxyl groups is 1. The fourth-order valence-corrected chi connectivity index (χ4v) is 2.94. The summed E-state index contributed by atoms with van der Waals surface area (Å²) in [6, 6.07) is 3.27. The van der Waals surface area contributed by atoms with Gasteiger partial charge in [0, 0.05) is 13.1 Å². The van der Waals surface area contributed by atoms with E-state index in [4.69, 9.17) is 15.6 Å². The molecular formula is C12H18N2O5S. The van der Waals surface area contributed by atoms with Gasteiger partial charge in [-0.3, -0.25) is 4.79 Å². The molecule has 0 bridgehead atoms. The third-order valence-electron chi connectivity index (χ3n) is 3.00. The lowest BCUT2D eigenvalue weighted by Crippen LogP contribution is -2.37. The van der Waals surface area contributed by atoms with Crippen molar-refractivity contribution in [3.63, 3.8) is 0 Å². The molecule has 3 N–H and O–H groups in total. The predicted molar refractivity (Wildman–Crippen MR) is 73.0 cm³/mol. The Morgan fingerprint density at radius 2 is 2.10 bits per heavy atom. The van der Waals surface area contributed by atoms with Gasteiger partial charge in [0.15, 0.2) is 0 Å². The molecule has 0 fully saturated rings. The van der Waals surface area contributed by atoms with Crippen LogP contribution >= 0.6 is 0 Å². The number of nitrogens with two attached hydrogens (primary N) is 1. The summed E-state index contributed by atoms with van der Waals surface area (Å²) < 4.78 is 30.6. The van der Waals surface area contributed by atoms with Crippen molar-refractivity contribution in [1.82, 2.24) is 4.31 Å². The van der Waals surface area contributed by atoms with Gasteiger partial charge in [0.1, 0.15) is 5.75 Å². The standard InChI is InChI=1S/C12H18N2O5S/c1-8(7-15)14(2)20(17,18)9-4-5-11(19-3)10(6-9)12(13)16/h4-6,8,15H,7H2,1-3H3,(H2,13,16). The number of likely N-dealkylation sites (N-methyl/N-ethyl adjacent to an activating group) is 1. The maximum absolute atomic E-state index is 12.3. The molecule has 0 spiro atoms. The summed E-state index contributed by atoms with van der Waals surface area (Å²) in [6.45, 7) is 1.25. The number of carbonyl (C=O) groups is 1. The topological polar surface area (TPSA) is 110 Å². The lowest BCUT2D eigenvalue weighted by Gasteiger charge is -2.23. The first-order valence-corrected chi connectivity index (χ1v) is 7.26. The number of primary amides is 1. The Balaban J connectivity index is 3.33. The van der Waals surface area contributed by atoms with Crippen molar-refractivity contribution >= 4 is 15.9 Å². The Morgan fingerprint density at radius 3 is 2.55 bits per heavy atom. The number of ether oxygens (including phenoxy) is 1. The summed E-state index contributed by atoms with van der Waals surface area (Å²) in [5.41, 5.74) is 5.18. The van der Waals surface area contributed by atoms with Crippen molar-refractivity contribution in [3.8, 4) is 5.75 Å². The zero-order valence-electron chi connectivity index (χ0n) is 11.5. The zero-order valence-corrected chi connectivity index (χ0v) is 12.3. The van der Waals surface area contributed by atoms with Gasteiger partial charge >= 0.3 is 0 Å². The van der Waals surface area contributed by atoms with Crippen molar-refractivity contribution < 1.29 is 23.1 Å². The van der Waals surface area contributed by atoms with E-state index in [1.54, 1.807) is 6.92 Å². The van der Waals surface area contributed by atoms with Crippen LogP contribution in [0.3, 0.4) is 0 Å². The molecule has 1 unspecified atom stereocenters. The molecule has 112 valence electrons. The van der Waals surface area contributed by atoms with Crippen LogP contribution in [0.4, 0.5) is 0 Å². The van der Waals surface area contributed by atoms with E-state index in [2.05, 4.69) is 0 Å². The predicted octanol–water partition coefficient (Wildman–Crippen LogP) is -0.205. The molecule has 7 nitrogen and oxygen atoms in total. The van der Waals surface area contributed by atoms with Crippen LogP contribution in [-0.4, -0.2) is 50.5 Å². The van der Waals surface area contributed by atoms with Crippen molar-refractivity contribution in [2.24, 2.45) is 5.73 Å². The number of hydrogen-bond acceptors (Lipinski definition) is 5. The lowest BCUT2D eigenvalue weighted by atomic mass is 10.2. The molecule has 0 aliphatic heterocycles. The minimum Gasteiger partial charge on any atom is -0.496 e. The van der Waals surface area contributed by atoms with Gasteiger partial charge < -0.3 is 15.6 Å². The van der Waals surface area contributed by atoms with Gasteiger partial charge in [-0.25, -0.2) is 8.42 Å². The van der Waals surface area contributed by atoms with E-state index < -0.39 is 22.0 Å². The normalized spacial score (nSPS) is 13.2. The zero-order chi connectivity index (χ0) is 15.5. The van der Waals surface area contributed by atoms with Gasteiger partial charge in [0.2, 0.25) is 10.0 Å². The largest absolute Gasteiger partial charge is 0.496 e. The van der Waals surface area contributed by atoms with Crippen LogP contribution in [-0.2, 0) is 10.0 Å². The van der Waals surface area contributed by atoms with E-state index in [0.29, 0.717) is 0 Å². The molecule has 1 amide bonds. The Morgan fingerprint density at radius 1 is 1.50 bits per heavy atom. The smallest absolute Gasteiger partial charge is 0.252 e. The van der Waals surface area contributed by atoms with E-state index in [1.807, 2.05) is 0 Å². The van der Waals surface area contributed by atoms with E-state index in [0.717, 1.165) is 10.4 Å². The fourth-order valence-electron chi connectivity index (χ4n) is 1.56. The molecule has 0 aromatic heterocycles. The molecule has 0 heterocycles. The van der Waals surface area contributed by atoms with E-state index >= 15 is 0 Å². The SMILES string of the molecule is COc1ccc(S(=O)(=O)N(C)C(C)CO)cc1C(N)=O. The van der Waals surface area contributed by atoms with Crippen LogP contribution in [0.15, 0.2) is 23.1 Å². The quantitative estimate of drug-likeness (QED) is 0.756. The molecule has 1 aromatic carbocycles. The van der Waals surface area contributed by atoms with Gasteiger partial charge in [-0.15, -0.1) is 0 Å². The average Bonchev–Trinajstić information content (AvgIpc) is 2.44. The van der Waals surface area contributed by atoms with Gasteiger partial charge in [-0.2, -0.15) is 4.31 Å². The molecule has 1 atom stereocenters. The highest BCUT2D eigenvalue weighted by molar-refractivity contribution is 7.89. The van der Waals surface area contributed by atoms with Crippen LogP contribution in [0.2, 0.25) is 0 Å². The number of methoxy groups -OCH3 is 1. The number of rotatable bonds is 6. The van der Waals surface area contributed by atoms with Crippen molar-refractivity contribution in [3.05, 3.63) is 23.8 Å². The van der Waals surface area contributed by atoms with Crippen LogP contribution in [0.5, 0.6) is 5.75 Å². The molecule has 0 radical (unpaired) electrons. The average molecular weight is 302 g/mol. The Labute approximate surface area is 118 Å². The van der Waals surface area contributed by atoms with Gasteiger partial charge in [-0.1, -0.05) is 0 Å². The maximum Gasteiger partial charge on any atom is 0.252 e. The highest BCUT2D eigenvalue weighted by Gasteiger charge is 2.26. The molecule has 0 saturated carbocycles. The van der Waals surface area contributed by atoms with Gasteiger partial charge in [0.25, 0.3) is 5.91 Å². The molecule has 1 rings (SSSR count). The molecular weight excluding hydrogens is 284 g/mol. The molecule has 0 aliphatic rings. The number of sulfonamides is 1. The van der Waals surface area contributed by atoms with E-state index in [9.17, 15) is 13.2 Å². The van der Waals surface area contributed by atoms with Crippen LogP contribution in [0.25, 0.3) is 0 Å². The van der Waals surface area contributed by atoms with Crippen LogP contribution in [0.1, 0.15) is 17.3 Å². The first-order chi connectivity index (χ1) is 9.25. The number of aliphatic hydroxyl groups excluding tert-OH is 1. The second-order valence-corrected chi connectivity index (χ2v) is 6.28. The third-order valence-corrected chi connectivity index (χ3v) is 4.97. The number of nitrogens with zero attached hydrogens (tertiary/aromatic N) is 1. The van der Waals surface area contributed by atoms with E-state index in [-0.39, 0.29) is 22.8 Å². The maximum atomic E-state index is 12.3. The molecule has 20 heavy (non-hydrogen) atoms. The third kappa shape index (κ3) is 3.09. The second-order valence-electron chi connectivity index (χ2n) is 4.28. The summed E-state index contributed by atoms with van der Waals surface area (Å²) in [6.07, 6.45) is 0. The fraction of sp³-hybridized carbons (Fsp3) is 0.417. The Hall–Kier alpha value is -1.64. The van der Waals surface area contributed by atoms with Crippen molar-refractivity contribution in [2.45, 2.75) is 17.9 Å². The van der Waals surface area contributed by atoms with Crippen LogP contribution in [0, 0.1) is 0 Å². The van der Waals surface area contributed by atoms with Gasteiger partial charge in [-0.05, 0) is 25.1 Å². The van der Waals surface area contributed by atoms with Gasteiger partial charge in [0.05, 0.1) is 24.2 Å². The minimum absolute atomic E-state index is 0.0152. The number of carbonyl (C=O) groups excluding carboxylic acids is 1. The summed E-state index contributed by atoms with van der Waals surface area (Å²) >= 11 is 0. The number of amides is 1. The highest BCUT2D eigenvalue weighted by atomic mass is 32.2. The highest BCUT2D eigenvalue weighted by Crippen LogP contribution is 2.24. The first-order valence-electron chi connectivity index (χ1n) is 5.82. The Kier molecular flexibility index (Phi) is 5.09. The second kappa shape index (κ2) is 6.21. The van der Waals surface area contributed by atoms with Crippen LogP contribution < -0.4 is 10.5 Å². The number of benzene rings is 1. The Bertz CT molecular complexity index is 600.